The average molecular weight is 114 g/mol. The van der Waals surface area contributed by atoms with Gasteiger partial charge in [0.2, 0.25) is 0 Å². The quantitative estimate of drug-likeness (QED) is 0.472. The SMILES string of the molecule is C=C[C@H]1CCOCO1. The van der Waals surface area contributed by atoms with Gasteiger partial charge < -0.3 is 9.47 Å². The molecule has 0 radical (unpaired) electrons. The van der Waals surface area contributed by atoms with Gasteiger partial charge in [-0.05, 0) is 0 Å². The molecule has 46 valence electrons. The van der Waals surface area contributed by atoms with Crippen LogP contribution in [-0.4, -0.2) is 19.5 Å². The fourth-order valence-electron chi connectivity index (χ4n) is 0.663. The summed E-state index contributed by atoms with van der Waals surface area (Å²) in [5.74, 6) is 0. The molecule has 0 unspecified atom stereocenters. The van der Waals surface area contributed by atoms with E-state index in [1.165, 1.54) is 0 Å². The second-order valence-corrected chi connectivity index (χ2v) is 1.76. The van der Waals surface area contributed by atoms with E-state index in [2.05, 4.69) is 6.58 Å². The molecule has 0 aromatic carbocycles. The van der Waals surface area contributed by atoms with Crippen LogP contribution in [0.15, 0.2) is 12.7 Å². The van der Waals surface area contributed by atoms with Gasteiger partial charge in [-0.1, -0.05) is 6.08 Å². The molecule has 0 saturated carbocycles. The predicted molar refractivity (Wildman–Crippen MR) is 30.5 cm³/mol. The van der Waals surface area contributed by atoms with E-state index < -0.39 is 0 Å². The highest BCUT2D eigenvalue weighted by molar-refractivity contribution is 4.80. The average Bonchev–Trinajstić information content (AvgIpc) is 1.90. The molecular formula is C6H10O2. The van der Waals surface area contributed by atoms with Crippen LogP contribution in [0.5, 0.6) is 0 Å². The Hall–Kier alpha value is -0.340. The lowest BCUT2D eigenvalue weighted by atomic mass is 10.2. The Bertz CT molecular complexity index is 74.6. The lowest BCUT2D eigenvalue weighted by molar-refractivity contribution is -0.122. The van der Waals surface area contributed by atoms with Gasteiger partial charge in [-0.15, -0.1) is 6.58 Å². The minimum atomic E-state index is 0.226. The fraction of sp³-hybridized carbons (Fsp3) is 0.667. The highest BCUT2D eigenvalue weighted by Crippen LogP contribution is 2.05. The Morgan fingerprint density at radius 1 is 1.62 bits per heavy atom. The third kappa shape index (κ3) is 1.32. The molecule has 1 aliphatic heterocycles. The van der Waals surface area contributed by atoms with Gasteiger partial charge in [0.1, 0.15) is 6.79 Å². The zero-order valence-corrected chi connectivity index (χ0v) is 4.80. The van der Waals surface area contributed by atoms with Crippen molar-refractivity contribution >= 4 is 0 Å². The van der Waals surface area contributed by atoms with Gasteiger partial charge in [0, 0.05) is 6.42 Å². The van der Waals surface area contributed by atoms with Gasteiger partial charge in [0.05, 0.1) is 12.7 Å². The maximum atomic E-state index is 5.09. The van der Waals surface area contributed by atoms with Gasteiger partial charge >= 0.3 is 0 Å². The van der Waals surface area contributed by atoms with E-state index in [1.807, 2.05) is 6.08 Å². The summed E-state index contributed by atoms with van der Waals surface area (Å²) < 4.78 is 10.0. The van der Waals surface area contributed by atoms with Gasteiger partial charge in [0.25, 0.3) is 0 Å². The Morgan fingerprint density at radius 2 is 2.50 bits per heavy atom. The van der Waals surface area contributed by atoms with Crippen LogP contribution in [-0.2, 0) is 9.47 Å². The number of rotatable bonds is 1. The largest absolute Gasteiger partial charge is 0.355 e. The molecule has 2 nitrogen and oxygen atoms in total. The first-order valence-electron chi connectivity index (χ1n) is 2.75. The highest BCUT2D eigenvalue weighted by Gasteiger charge is 2.08. The Labute approximate surface area is 49.1 Å². The molecule has 1 heterocycles. The van der Waals surface area contributed by atoms with Crippen LogP contribution in [0.1, 0.15) is 6.42 Å². The summed E-state index contributed by atoms with van der Waals surface area (Å²) in [5.41, 5.74) is 0. The molecule has 0 amide bonds. The summed E-state index contributed by atoms with van der Waals surface area (Å²) in [7, 11) is 0. The van der Waals surface area contributed by atoms with Crippen LogP contribution in [0.25, 0.3) is 0 Å². The van der Waals surface area contributed by atoms with E-state index in [-0.39, 0.29) is 6.10 Å². The van der Waals surface area contributed by atoms with Crippen molar-refractivity contribution in [2.24, 2.45) is 0 Å². The van der Waals surface area contributed by atoms with Gasteiger partial charge in [0.15, 0.2) is 0 Å². The summed E-state index contributed by atoms with van der Waals surface area (Å²) in [6.45, 7) is 4.83. The van der Waals surface area contributed by atoms with Crippen molar-refractivity contribution in [2.75, 3.05) is 13.4 Å². The summed E-state index contributed by atoms with van der Waals surface area (Å²) >= 11 is 0. The van der Waals surface area contributed by atoms with E-state index in [9.17, 15) is 0 Å². The van der Waals surface area contributed by atoms with Crippen molar-refractivity contribution in [1.29, 1.82) is 0 Å². The Balaban J connectivity index is 2.22. The maximum Gasteiger partial charge on any atom is 0.147 e. The Morgan fingerprint density at radius 3 is 2.88 bits per heavy atom. The van der Waals surface area contributed by atoms with Crippen molar-refractivity contribution in [3.63, 3.8) is 0 Å². The molecule has 1 fully saturated rings. The molecule has 0 N–H and O–H groups in total. The molecule has 2 heteroatoms. The summed E-state index contributed by atoms with van der Waals surface area (Å²) in [6.07, 6.45) is 2.98. The van der Waals surface area contributed by atoms with Crippen LogP contribution in [0.4, 0.5) is 0 Å². The molecule has 1 aliphatic rings. The third-order valence-electron chi connectivity index (χ3n) is 1.18. The van der Waals surface area contributed by atoms with E-state index in [0.717, 1.165) is 13.0 Å². The molecule has 0 aromatic heterocycles. The zero-order valence-electron chi connectivity index (χ0n) is 4.80. The Kier molecular flexibility index (Phi) is 2.06. The molecule has 1 saturated heterocycles. The molecular weight excluding hydrogens is 104 g/mol. The minimum Gasteiger partial charge on any atom is -0.355 e. The molecule has 0 aliphatic carbocycles. The third-order valence-corrected chi connectivity index (χ3v) is 1.18. The second kappa shape index (κ2) is 2.84. The van der Waals surface area contributed by atoms with E-state index >= 15 is 0 Å². The summed E-state index contributed by atoms with van der Waals surface area (Å²) in [5, 5.41) is 0. The minimum absolute atomic E-state index is 0.226. The molecule has 0 bridgehead atoms. The van der Waals surface area contributed by atoms with Crippen molar-refractivity contribution in [1.82, 2.24) is 0 Å². The van der Waals surface area contributed by atoms with Crippen LogP contribution in [0.2, 0.25) is 0 Å². The standard InChI is InChI=1S/C6H10O2/c1-2-6-3-4-7-5-8-6/h2,6H,1,3-5H2/t6-/m0/s1. The first kappa shape index (κ1) is 5.79. The second-order valence-electron chi connectivity index (χ2n) is 1.76. The number of ether oxygens (including phenoxy) is 2. The first-order valence-corrected chi connectivity index (χ1v) is 2.75. The lowest BCUT2D eigenvalue weighted by Gasteiger charge is -2.18. The predicted octanol–water partition coefficient (Wildman–Crippen LogP) is 0.935. The topological polar surface area (TPSA) is 18.5 Å². The molecule has 0 spiro atoms. The number of hydrogen-bond acceptors (Lipinski definition) is 2. The van der Waals surface area contributed by atoms with E-state index in [0.29, 0.717) is 6.79 Å². The smallest absolute Gasteiger partial charge is 0.147 e. The highest BCUT2D eigenvalue weighted by atomic mass is 16.7. The van der Waals surface area contributed by atoms with Gasteiger partial charge in [-0.2, -0.15) is 0 Å². The summed E-state index contributed by atoms with van der Waals surface area (Å²) in [6, 6.07) is 0. The van der Waals surface area contributed by atoms with Gasteiger partial charge in [-0.3, -0.25) is 0 Å². The van der Waals surface area contributed by atoms with Crippen LogP contribution < -0.4 is 0 Å². The molecule has 0 aromatic rings. The lowest BCUT2D eigenvalue weighted by Crippen LogP contribution is -2.21. The fourth-order valence-corrected chi connectivity index (χ4v) is 0.663. The van der Waals surface area contributed by atoms with Crippen LogP contribution in [0.3, 0.4) is 0 Å². The molecule has 1 atom stereocenters. The maximum absolute atomic E-state index is 5.09. The monoisotopic (exact) mass is 114 g/mol. The molecule has 1 rings (SSSR count). The van der Waals surface area contributed by atoms with E-state index in [4.69, 9.17) is 9.47 Å². The van der Waals surface area contributed by atoms with E-state index in [1.54, 1.807) is 0 Å². The summed E-state index contributed by atoms with van der Waals surface area (Å²) in [4.78, 5) is 0. The van der Waals surface area contributed by atoms with Crippen molar-refractivity contribution in [3.05, 3.63) is 12.7 Å². The van der Waals surface area contributed by atoms with Crippen molar-refractivity contribution in [3.8, 4) is 0 Å². The molecule has 8 heavy (non-hydrogen) atoms. The number of hydrogen-bond donors (Lipinski definition) is 0. The zero-order chi connectivity index (χ0) is 5.82. The van der Waals surface area contributed by atoms with Crippen molar-refractivity contribution in [2.45, 2.75) is 12.5 Å². The van der Waals surface area contributed by atoms with Gasteiger partial charge in [-0.25, -0.2) is 0 Å². The van der Waals surface area contributed by atoms with Crippen LogP contribution >= 0.6 is 0 Å². The first-order chi connectivity index (χ1) is 3.93. The van der Waals surface area contributed by atoms with Crippen molar-refractivity contribution < 1.29 is 9.47 Å². The van der Waals surface area contributed by atoms with Crippen LogP contribution in [0, 0.1) is 0 Å². The normalized spacial score (nSPS) is 29.8.